The Morgan fingerprint density at radius 2 is 2.22 bits per heavy atom. The first-order valence-corrected chi connectivity index (χ1v) is 5.63. The van der Waals surface area contributed by atoms with Crippen LogP contribution in [0.5, 0.6) is 0 Å². The average Bonchev–Trinajstić information content (AvgIpc) is 2.53. The zero-order valence-electron chi connectivity index (χ0n) is 9.76. The third kappa shape index (κ3) is 2.50. The molecule has 1 aromatic rings. The first-order chi connectivity index (χ1) is 8.58. The first-order valence-electron chi connectivity index (χ1n) is 5.63. The number of anilines is 2. The molecule has 18 heavy (non-hydrogen) atoms. The number of nitrogens with two attached hydrogens (primary N) is 1. The molecule has 1 fully saturated rings. The zero-order valence-corrected chi connectivity index (χ0v) is 9.76. The smallest absolute Gasteiger partial charge is 0.292 e. The molecule has 7 nitrogen and oxygen atoms in total. The van der Waals surface area contributed by atoms with Gasteiger partial charge in [-0.05, 0) is 18.6 Å². The average molecular weight is 250 g/mol. The summed E-state index contributed by atoms with van der Waals surface area (Å²) in [6, 6.07) is 4.53. The second-order valence-electron chi connectivity index (χ2n) is 4.13. The highest BCUT2D eigenvalue weighted by Crippen LogP contribution is 2.27. The second kappa shape index (κ2) is 4.91. The van der Waals surface area contributed by atoms with Crippen LogP contribution >= 0.6 is 0 Å². The lowest BCUT2D eigenvalue weighted by Gasteiger charge is -2.21. The molecule has 0 aliphatic carbocycles. The maximum absolute atomic E-state index is 11.4. The maximum Gasteiger partial charge on any atom is 0.292 e. The number of nitro benzene ring substituents is 1. The molecule has 1 aliphatic rings. The quantitative estimate of drug-likeness (QED) is 0.452. The van der Waals surface area contributed by atoms with Crippen molar-refractivity contribution >= 4 is 23.0 Å². The van der Waals surface area contributed by atoms with Crippen molar-refractivity contribution < 1.29 is 9.72 Å². The van der Waals surface area contributed by atoms with Gasteiger partial charge in [-0.2, -0.15) is 0 Å². The Morgan fingerprint density at radius 3 is 2.89 bits per heavy atom. The lowest BCUT2D eigenvalue weighted by atomic mass is 10.2. The molecule has 1 saturated heterocycles. The Morgan fingerprint density at radius 1 is 1.44 bits per heavy atom. The predicted octanol–water partition coefficient (Wildman–Crippen LogP) is 0.503. The summed E-state index contributed by atoms with van der Waals surface area (Å²) in [7, 11) is 0. The van der Waals surface area contributed by atoms with E-state index < -0.39 is 4.92 Å². The summed E-state index contributed by atoms with van der Waals surface area (Å²) in [4.78, 5) is 23.4. The number of hydrogen-bond acceptors (Lipinski definition) is 5. The third-order valence-corrected chi connectivity index (χ3v) is 2.83. The van der Waals surface area contributed by atoms with Gasteiger partial charge >= 0.3 is 0 Å². The van der Waals surface area contributed by atoms with Crippen molar-refractivity contribution in [3.63, 3.8) is 0 Å². The van der Waals surface area contributed by atoms with Crippen LogP contribution in [0, 0.1) is 10.1 Å². The first kappa shape index (κ1) is 12.2. The molecule has 0 aromatic heterocycles. The van der Waals surface area contributed by atoms with E-state index in [1.165, 1.54) is 12.1 Å². The number of benzene rings is 1. The number of rotatable bonds is 2. The summed E-state index contributed by atoms with van der Waals surface area (Å²) in [5, 5.41) is 13.4. The van der Waals surface area contributed by atoms with Gasteiger partial charge in [-0.25, -0.2) is 0 Å². The molecule has 96 valence electrons. The number of carbonyl (C=O) groups is 1. The molecule has 1 aromatic carbocycles. The molecule has 7 heteroatoms. The van der Waals surface area contributed by atoms with Crippen LogP contribution in [0.25, 0.3) is 0 Å². The van der Waals surface area contributed by atoms with Crippen LogP contribution in [-0.2, 0) is 4.79 Å². The van der Waals surface area contributed by atoms with E-state index in [1.807, 2.05) is 4.90 Å². The van der Waals surface area contributed by atoms with Gasteiger partial charge in [-0.1, -0.05) is 0 Å². The van der Waals surface area contributed by atoms with Crippen LogP contribution in [0.2, 0.25) is 0 Å². The van der Waals surface area contributed by atoms with E-state index >= 15 is 0 Å². The molecule has 0 unspecified atom stereocenters. The van der Waals surface area contributed by atoms with Crippen LogP contribution in [0.1, 0.15) is 6.42 Å². The fraction of sp³-hybridized carbons (Fsp3) is 0.364. The number of hydrogen-bond donors (Lipinski definition) is 2. The summed E-state index contributed by atoms with van der Waals surface area (Å²) in [6.07, 6.45) is 0.836. The number of nitrogens with zero attached hydrogens (tertiary/aromatic N) is 2. The summed E-state index contributed by atoms with van der Waals surface area (Å²) < 4.78 is 0. The topological polar surface area (TPSA) is 102 Å². The Bertz CT molecular complexity index is 489. The largest absolute Gasteiger partial charge is 0.393 e. The molecule has 0 radical (unpaired) electrons. The zero-order chi connectivity index (χ0) is 13.1. The van der Waals surface area contributed by atoms with E-state index in [0.29, 0.717) is 6.54 Å². The number of amides is 1. The fourth-order valence-corrected chi connectivity index (χ4v) is 1.93. The van der Waals surface area contributed by atoms with Gasteiger partial charge in [0.2, 0.25) is 5.91 Å². The minimum Gasteiger partial charge on any atom is -0.393 e. The van der Waals surface area contributed by atoms with Crippen LogP contribution in [0.3, 0.4) is 0 Å². The summed E-state index contributed by atoms with van der Waals surface area (Å²) >= 11 is 0. The SMILES string of the molecule is Nc1cc(N2CCCNC(=O)C2)ccc1[N+](=O)[O-]. The van der Waals surface area contributed by atoms with Gasteiger partial charge in [0.1, 0.15) is 5.69 Å². The highest BCUT2D eigenvalue weighted by atomic mass is 16.6. The van der Waals surface area contributed by atoms with Crippen molar-refractivity contribution in [2.45, 2.75) is 6.42 Å². The Labute approximate surface area is 104 Å². The van der Waals surface area contributed by atoms with Gasteiger partial charge in [0.05, 0.1) is 11.5 Å². The molecule has 1 heterocycles. The summed E-state index contributed by atoms with van der Waals surface area (Å²) in [6.45, 7) is 1.62. The van der Waals surface area contributed by atoms with E-state index in [2.05, 4.69) is 5.32 Å². The lowest BCUT2D eigenvalue weighted by molar-refractivity contribution is -0.383. The fourth-order valence-electron chi connectivity index (χ4n) is 1.93. The highest BCUT2D eigenvalue weighted by molar-refractivity contribution is 5.82. The monoisotopic (exact) mass is 250 g/mol. The highest BCUT2D eigenvalue weighted by Gasteiger charge is 2.18. The molecule has 2 rings (SSSR count). The van der Waals surface area contributed by atoms with Crippen molar-refractivity contribution in [2.75, 3.05) is 30.3 Å². The standard InChI is InChI=1S/C11H14N4O3/c12-9-6-8(2-3-10(9)15(17)18)14-5-1-4-13-11(16)7-14/h2-3,6H,1,4-5,7,12H2,(H,13,16). The number of nitro groups is 1. The van der Waals surface area contributed by atoms with Gasteiger partial charge in [0.15, 0.2) is 0 Å². The number of nitrogen functional groups attached to an aromatic ring is 1. The van der Waals surface area contributed by atoms with E-state index in [0.717, 1.165) is 18.7 Å². The van der Waals surface area contributed by atoms with E-state index in [1.54, 1.807) is 6.07 Å². The van der Waals surface area contributed by atoms with Gasteiger partial charge in [-0.3, -0.25) is 14.9 Å². The summed E-state index contributed by atoms with van der Waals surface area (Å²) in [5.74, 6) is -0.0515. The molecule has 0 atom stereocenters. The van der Waals surface area contributed by atoms with Crippen molar-refractivity contribution in [3.8, 4) is 0 Å². The van der Waals surface area contributed by atoms with Gasteiger partial charge < -0.3 is 16.0 Å². The molecule has 0 saturated carbocycles. The van der Waals surface area contributed by atoms with Crippen LogP contribution in [-0.4, -0.2) is 30.5 Å². The van der Waals surface area contributed by atoms with Crippen molar-refractivity contribution in [1.82, 2.24) is 5.32 Å². The van der Waals surface area contributed by atoms with Crippen molar-refractivity contribution in [3.05, 3.63) is 28.3 Å². The molecule has 0 bridgehead atoms. The summed E-state index contributed by atoms with van der Waals surface area (Å²) in [5.41, 5.74) is 6.37. The Hall–Kier alpha value is -2.31. The maximum atomic E-state index is 11.4. The van der Waals surface area contributed by atoms with E-state index in [4.69, 9.17) is 5.73 Å². The lowest BCUT2D eigenvalue weighted by Crippen LogP contribution is -2.33. The molecule has 1 amide bonds. The number of nitrogens with one attached hydrogen (secondary N) is 1. The van der Waals surface area contributed by atoms with Crippen LogP contribution in [0.15, 0.2) is 18.2 Å². The van der Waals surface area contributed by atoms with Crippen LogP contribution in [0.4, 0.5) is 17.1 Å². The molecule has 1 aliphatic heterocycles. The Balaban J connectivity index is 2.25. The molecular weight excluding hydrogens is 236 g/mol. The third-order valence-electron chi connectivity index (χ3n) is 2.83. The van der Waals surface area contributed by atoms with E-state index in [-0.39, 0.29) is 23.8 Å². The number of carbonyl (C=O) groups excluding carboxylic acids is 1. The minimum absolute atomic E-state index is 0.0515. The minimum atomic E-state index is -0.520. The van der Waals surface area contributed by atoms with Crippen molar-refractivity contribution in [2.24, 2.45) is 0 Å². The van der Waals surface area contributed by atoms with Gasteiger partial charge in [-0.15, -0.1) is 0 Å². The van der Waals surface area contributed by atoms with Crippen LogP contribution < -0.4 is 16.0 Å². The molecular formula is C11H14N4O3. The van der Waals surface area contributed by atoms with Gasteiger partial charge in [0.25, 0.3) is 5.69 Å². The van der Waals surface area contributed by atoms with E-state index in [9.17, 15) is 14.9 Å². The molecule has 3 N–H and O–H groups in total. The second-order valence-corrected chi connectivity index (χ2v) is 4.13. The Kier molecular flexibility index (Phi) is 3.31. The molecule has 0 spiro atoms. The normalized spacial score (nSPS) is 16.0. The van der Waals surface area contributed by atoms with Crippen molar-refractivity contribution in [1.29, 1.82) is 0 Å². The predicted molar refractivity (Wildman–Crippen MR) is 67.3 cm³/mol. The van der Waals surface area contributed by atoms with Gasteiger partial charge in [0, 0.05) is 24.8 Å².